The van der Waals surface area contributed by atoms with Crippen molar-refractivity contribution in [2.75, 3.05) is 18.5 Å². The maximum absolute atomic E-state index is 12.3. The molecule has 0 aromatic heterocycles. The van der Waals surface area contributed by atoms with Crippen molar-refractivity contribution < 1.29 is 24.5 Å². The fourth-order valence-corrected chi connectivity index (χ4v) is 3.06. The van der Waals surface area contributed by atoms with Gasteiger partial charge in [-0.15, -0.1) is 0 Å². The highest BCUT2D eigenvalue weighted by atomic mass is 16.5. The average Bonchev–Trinajstić information content (AvgIpc) is 3.15. The first-order valence-electron chi connectivity index (χ1n) is 6.97. The molecule has 2 fully saturated rings. The average molecular weight is 291 g/mol. The Balaban J connectivity index is 1.68. The predicted molar refractivity (Wildman–Crippen MR) is 74.3 cm³/mol. The molecule has 1 amide bonds. The number of anilines is 1. The number of aromatic hydroxyl groups is 1. The topological polar surface area (TPSA) is 95.9 Å². The summed E-state index contributed by atoms with van der Waals surface area (Å²) in [7, 11) is 0. The normalized spacial score (nSPS) is 22.8. The minimum absolute atomic E-state index is 0.0246. The predicted octanol–water partition coefficient (Wildman–Crippen LogP) is 1.85. The van der Waals surface area contributed by atoms with Gasteiger partial charge in [0.2, 0.25) is 5.91 Å². The van der Waals surface area contributed by atoms with Crippen molar-refractivity contribution >= 4 is 17.6 Å². The number of carboxylic acids is 1. The Kier molecular flexibility index (Phi) is 3.33. The zero-order valence-electron chi connectivity index (χ0n) is 11.5. The summed E-state index contributed by atoms with van der Waals surface area (Å²) >= 11 is 0. The van der Waals surface area contributed by atoms with Gasteiger partial charge in [0.1, 0.15) is 11.3 Å². The van der Waals surface area contributed by atoms with Crippen LogP contribution in [0.3, 0.4) is 0 Å². The number of benzene rings is 1. The summed E-state index contributed by atoms with van der Waals surface area (Å²) in [4.78, 5) is 23.2. The lowest BCUT2D eigenvalue weighted by Gasteiger charge is -2.22. The van der Waals surface area contributed by atoms with Crippen LogP contribution in [0.15, 0.2) is 18.2 Å². The molecule has 3 rings (SSSR count). The minimum atomic E-state index is -1.23. The Hall–Kier alpha value is -2.08. The highest BCUT2D eigenvalue weighted by Crippen LogP contribution is 2.59. The number of amides is 1. The SMILES string of the molecule is O=C(O)c1cc(NC(=O)C2CC23CCOCC3)ccc1O. The molecule has 1 saturated heterocycles. The van der Waals surface area contributed by atoms with Gasteiger partial charge in [0.05, 0.1) is 0 Å². The minimum Gasteiger partial charge on any atom is -0.507 e. The Morgan fingerprint density at radius 2 is 2.00 bits per heavy atom. The van der Waals surface area contributed by atoms with Crippen LogP contribution in [0, 0.1) is 11.3 Å². The highest BCUT2D eigenvalue weighted by molar-refractivity contribution is 5.97. The van der Waals surface area contributed by atoms with E-state index in [-0.39, 0.29) is 28.6 Å². The van der Waals surface area contributed by atoms with Gasteiger partial charge in [0.25, 0.3) is 0 Å². The fraction of sp³-hybridized carbons (Fsp3) is 0.467. The summed E-state index contributed by atoms with van der Waals surface area (Å²) in [6, 6.07) is 4.05. The Morgan fingerprint density at radius 1 is 1.29 bits per heavy atom. The van der Waals surface area contributed by atoms with Crippen molar-refractivity contribution in [2.24, 2.45) is 11.3 Å². The number of hydrogen-bond acceptors (Lipinski definition) is 4. The van der Waals surface area contributed by atoms with Crippen molar-refractivity contribution in [1.82, 2.24) is 0 Å². The standard InChI is InChI=1S/C15H17NO5/c17-12-2-1-9(7-10(12)14(19)20)16-13(18)11-8-15(11)3-5-21-6-4-15/h1-2,7,11,17H,3-6,8H2,(H,16,18)(H,19,20). The first-order valence-corrected chi connectivity index (χ1v) is 6.97. The van der Waals surface area contributed by atoms with Crippen LogP contribution in [-0.4, -0.2) is 35.3 Å². The first kappa shape index (κ1) is 13.9. The first-order chi connectivity index (χ1) is 10.0. The van der Waals surface area contributed by atoms with Crippen molar-refractivity contribution in [1.29, 1.82) is 0 Å². The quantitative estimate of drug-likeness (QED) is 0.739. The third-order valence-corrected chi connectivity index (χ3v) is 4.49. The molecule has 1 aliphatic heterocycles. The number of ether oxygens (including phenoxy) is 1. The van der Waals surface area contributed by atoms with E-state index in [2.05, 4.69) is 5.32 Å². The molecule has 2 aliphatic rings. The molecule has 1 spiro atoms. The summed E-state index contributed by atoms with van der Waals surface area (Å²) in [5.41, 5.74) is 0.253. The maximum Gasteiger partial charge on any atom is 0.339 e. The van der Waals surface area contributed by atoms with Crippen LogP contribution >= 0.6 is 0 Å². The molecule has 1 unspecified atom stereocenters. The molecule has 1 saturated carbocycles. The van der Waals surface area contributed by atoms with E-state index >= 15 is 0 Å². The van der Waals surface area contributed by atoms with E-state index in [0.717, 1.165) is 19.3 Å². The second kappa shape index (κ2) is 5.04. The highest BCUT2D eigenvalue weighted by Gasteiger charge is 2.57. The van der Waals surface area contributed by atoms with Gasteiger partial charge in [-0.1, -0.05) is 0 Å². The monoisotopic (exact) mass is 291 g/mol. The summed E-state index contributed by atoms with van der Waals surface area (Å²) in [6.07, 6.45) is 2.67. The van der Waals surface area contributed by atoms with Crippen LogP contribution in [0.25, 0.3) is 0 Å². The Bertz CT molecular complexity index is 592. The van der Waals surface area contributed by atoms with Crippen LogP contribution in [0.5, 0.6) is 5.75 Å². The lowest BCUT2D eigenvalue weighted by molar-refractivity contribution is -0.118. The van der Waals surface area contributed by atoms with Gasteiger partial charge < -0.3 is 20.3 Å². The molecule has 1 aromatic rings. The maximum atomic E-state index is 12.3. The van der Waals surface area contributed by atoms with Gasteiger partial charge in [-0.2, -0.15) is 0 Å². The molecule has 6 heteroatoms. The van der Waals surface area contributed by atoms with Crippen LogP contribution in [-0.2, 0) is 9.53 Å². The van der Waals surface area contributed by atoms with Gasteiger partial charge >= 0.3 is 5.97 Å². The van der Waals surface area contributed by atoms with Gasteiger partial charge in [-0.25, -0.2) is 4.79 Å². The van der Waals surface area contributed by atoms with E-state index < -0.39 is 5.97 Å². The number of carbonyl (C=O) groups is 2. The molecule has 6 nitrogen and oxygen atoms in total. The molecule has 1 heterocycles. The van der Waals surface area contributed by atoms with E-state index in [1.807, 2.05) is 0 Å². The largest absolute Gasteiger partial charge is 0.507 e. The Labute approximate surface area is 121 Å². The molecule has 1 atom stereocenters. The number of rotatable bonds is 3. The van der Waals surface area contributed by atoms with Crippen molar-refractivity contribution in [2.45, 2.75) is 19.3 Å². The van der Waals surface area contributed by atoms with Gasteiger partial charge in [-0.05, 0) is 42.9 Å². The van der Waals surface area contributed by atoms with E-state index in [9.17, 15) is 14.7 Å². The molecular formula is C15H17NO5. The number of carboxylic acid groups (broad SMARTS) is 1. The fourth-order valence-electron chi connectivity index (χ4n) is 3.06. The molecule has 0 radical (unpaired) electrons. The second-order valence-corrected chi connectivity index (χ2v) is 5.76. The summed E-state index contributed by atoms with van der Waals surface area (Å²) < 4.78 is 5.32. The number of phenols is 1. The molecule has 3 N–H and O–H groups in total. The third-order valence-electron chi connectivity index (χ3n) is 4.49. The van der Waals surface area contributed by atoms with E-state index in [1.165, 1.54) is 18.2 Å². The van der Waals surface area contributed by atoms with Gasteiger partial charge in [0, 0.05) is 24.8 Å². The zero-order chi connectivity index (χ0) is 15.0. The van der Waals surface area contributed by atoms with Gasteiger partial charge in [0.15, 0.2) is 0 Å². The molecule has 0 bridgehead atoms. The molecule has 1 aromatic carbocycles. The summed E-state index contributed by atoms with van der Waals surface area (Å²) in [5, 5.41) is 21.2. The molecule has 21 heavy (non-hydrogen) atoms. The van der Waals surface area contributed by atoms with E-state index in [4.69, 9.17) is 9.84 Å². The smallest absolute Gasteiger partial charge is 0.339 e. The number of carbonyl (C=O) groups excluding carboxylic acids is 1. The third kappa shape index (κ3) is 2.58. The number of nitrogens with one attached hydrogen (secondary N) is 1. The van der Waals surface area contributed by atoms with Crippen molar-refractivity contribution in [3.63, 3.8) is 0 Å². The summed E-state index contributed by atoms with van der Waals surface area (Å²) in [5.74, 6) is -1.65. The van der Waals surface area contributed by atoms with Crippen LogP contribution in [0.4, 0.5) is 5.69 Å². The van der Waals surface area contributed by atoms with Crippen molar-refractivity contribution in [3.05, 3.63) is 23.8 Å². The molecular weight excluding hydrogens is 274 g/mol. The zero-order valence-corrected chi connectivity index (χ0v) is 11.5. The van der Waals surface area contributed by atoms with Crippen LogP contribution in [0.1, 0.15) is 29.6 Å². The Morgan fingerprint density at radius 3 is 2.67 bits per heavy atom. The van der Waals surface area contributed by atoms with Crippen LogP contribution in [0.2, 0.25) is 0 Å². The number of aromatic carboxylic acids is 1. The van der Waals surface area contributed by atoms with Gasteiger partial charge in [-0.3, -0.25) is 4.79 Å². The summed E-state index contributed by atoms with van der Waals surface area (Å²) in [6.45, 7) is 1.40. The van der Waals surface area contributed by atoms with Crippen LogP contribution < -0.4 is 5.32 Å². The number of hydrogen-bond donors (Lipinski definition) is 3. The van der Waals surface area contributed by atoms with Crippen molar-refractivity contribution in [3.8, 4) is 5.75 Å². The van der Waals surface area contributed by atoms with E-state index in [1.54, 1.807) is 0 Å². The van der Waals surface area contributed by atoms with E-state index in [0.29, 0.717) is 18.9 Å². The lowest BCUT2D eigenvalue weighted by atomic mass is 9.93. The molecule has 112 valence electrons. The lowest BCUT2D eigenvalue weighted by Crippen LogP contribution is -2.24. The second-order valence-electron chi connectivity index (χ2n) is 5.76. The molecule has 1 aliphatic carbocycles.